The molecule has 3 aliphatic rings. The molecule has 1 unspecified atom stereocenters. The molecule has 7 rings (SSSR count). The molecule has 3 aromatic carbocycles. The monoisotopic (exact) mass is 651 g/mol. The van der Waals surface area contributed by atoms with Crippen molar-refractivity contribution in [1.82, 2.24) is 14.8 Å². The summed E-state index contributed by atoms with van der Waals surface area (Å²) in [5, 5.41) is 23.0. The molecule has 4 aromatic rings. The number of aromatic nitrogens is 1. The van der Waals surface area contributed by atoms with E-state index in [0.29, 0.717) is 37.4 Å². The summed E-state index contributed by atoms with van der Waals surface area (Å²) in [6.45, 7) is 12.8. The highest BCUT2D eigenvalue weighted by atomic mass is 16.5. The van der Waals surface area contributed by atoms with Crippen LogP contribution in [0.25, 0.3) is 22.0 Å². The number of hydrogen-bond acceptors (Lipinski definition) is 8. The number of carbonyl (C=O) groups is 1. The van der Waals surface area contributed by atoms with Crippen LogP contribution in [-0.4, -0.2) is 79.2 Å². The number of piperazine rings is 1. The van der Waals surface area contributed by atoms with Gasteiger partial charge >= 0.3 is 0 Å². The summed E-state index contributed by atoms with van der Waals surface area (Å²) >= 11 is 0. The van der Waals surface area contributed by atoms with E-state index in [2.05, 4.69) is 101 Å². The number of amides is 1. The third-order valence-electron chi connectivity index (χ3n) is 10.2. The van der Waals surface area contributed by atoms with Crippen LogP contribution in [0.5, 0.6) is 0 Å². The summed E-state index contributed by atoms with van der Waals surface area (Å²) in [7, 11) is 0. The first-order chi connectivity index (χ1) is 24.0. The Hall–Kier alpha value is -5.22. The molecule has 9 heteroatoms. The summed E-state index contributed by atoms with van der Waals surface area (Å²) in [6, 6.07) is 25.9. The molecule has 2 fully saturated rings. The summed E-state index contributed by atoms with van der Waals surface area (Å²) in [4.78, 5) is 26.9. The zero-order valence-corrected chi connectivity index (χ0v) is 28.1. The molecule has 3 aliphatic heterocycles. The lowest BCUT2D eigenvalue weighted by atomic mass is 9.92. The van der Waals surface area contributed by atoms with Gasteiger partial charge in [-0.15, -0.1) is 0 Å². The molecule has 49 heavy (non-hydrogen) atoms. The van der Waals surface area contributed by atoms with Crippen LogP contribution in [-0.2, 0) is 29.0 Å². The van der Waals surface area contributed by atoms with Gasteiger partial charge in [-0.25, -0.2) is 4.98 Å². The molecule has 2 saturated heterocycles. The molecule has 0 N–H and O–H groups in total. The quantitative estimate of drug-likeness (QED) is 0.239. The van der Waals surface area contributed by atoms with Crippen LogP contribution < -0.4 is 9.80 Å². The van der Waals surface area contributed by atoms with Crippen molar-refractivity contribution in [3.05, 3.63) is 101 Å². The Morgan fingerprint density at radius 2 is 1.82 bits per heavy atom. The van der Waals surface area contributed by atoms with Gasteiger partial charge in [0.25, 0.3) is 0 Å². The SMILES string of the molecule is C=CC(=O)N1CCN(c2c(C#N)c(-c3cccc(CN4CCOCC4)c3)nc3c2CCN(c2cccc4cccc(C)c24)C3)CC1CC#N. The number of hydrogen-bond donors (Lipinski definition) is 0. The van der Waals surface area contributed by atoms with Gasteiger partial charge in [-0.3, -0.25) is 9.69 Å². The lowest BCUT2D eigenvalue weighted by Gasteiger charge is -2.43. The molecule has 9 nitrogen and oxygen atoms in total. The van der Waals surface area contributed by atoms with E-state index in [1.54, 1.807) is 4.90 Å². The summed E-state index contributed by atoms with van der Waals surface area (Å²) in [5.74, 6) is -0.170. The van der Waals surface area contributed by atoms with Gasteiger partial charge < -0.3 is 19.4 Å². The topological polar surface area (TPSA) is 99.7 Å². The van der Waals surface area contributed by atoms with Gasteiger partial charge in [-0.05, 0) is 48.1 Å². The third-order valence-corrected chi connectivity index (χ3v) is 10.2. The molecule has 0 saturated carbocycles. The normalized spacial score (nSPS) is 18.1. The second-order valence-electron chi connectivity index (χ2n) is 13.1. The first-order valence-corrected chi connectivity index (χ1v) is 17.1. The predicted octanol–water partition coefficient (Wildman–Crippen LogP) is 5.59. The average molecular weight is 652 g/mol. The van der Waals surface area contributed by atoms with Gasteiger partial charge in [0.15, 0.2) is 0 Å². The van der Waals surface area contributed by atoms with Crippen LogP contribution in [0, 0.1) is 29.6 Å². The Morgan fingerprint density at radius 3 is 2.59 bits per heavy atom. The maximum atomic E-state index is 12.8. The Kier molecular flexibility index (Phi) is 9.30. The van der Waals surface area contributed by atoms with Gasteiger partial charge in [0.05, 0.1) is 55.4 Å². The number of rotatable bonds is 7. The van der Waals surface area contributed by atoms with E-state index in [9.17, 15) is 15.3 Å². The molecule has 1 aromatic heterocycles. The van der Waals surface area contributed by atoms with Gasteiger partial charge in [0, 0.05) is 68.0 Å². The smallest absolute Gasteiger partial charge is 0.246 e. The van der Waals surface area contributed by atoms with E-state index in [0.717, 1.165) is 68.3 Å². The molecule has 1 atom stereocenters. The van der Waals surface area contributed by atoms with E-state index >= 15 is 0 Å². The number of pyridine rings is 1. The Morgan fingerprint density at radius 1 is 1.02 bits per heavy atom. The van der Waals surface area contributed by atoms with Gasteiger partial charge in [0.1, 0.15) is 11.6 Å². The van der Waals surface area contributed by atoms with E-state index in [-0.39, 0.29) is 18.4 Å². The molecule has 0 spiro atoms. The summed E-state index contributed by atoms with van der Waals surface area (Å²) in [5.41, 5.74) is 8.67. The van der Waals surface area contributed by atoms with Crippen molar-refractivity contribution in [1.29, 1.82) is 10.5 Å². The number of ether oxygens (including phenoxy) is 1. The van der Waals surface area contributed by atoms with Crippen LogP contribution in [0.15, 0.2) is 73.3 Å². The summed E-state index contributed by atoms with van der Waals surface area (Å²) < 4.78 is 5.56. The van der Waals surface area contributed by atoms with Crippen molar-refractivity contribution >= 4 is 28.1 Å². The highest BCUT2D eigenvalue weighted by Gasteiger charge is 2.35. The van der Waals surface area contributed by atoms with Crippen LogP contribution in [0.2, 0.25) is 0 Å². The highest BCUT2D eigenvalue weighted by molar-refractivity contribution is 5.97. The van der Waals surface area contributed by atoms with Gasteiger partial charge in [0.2, 0.25) is 5.91 Å². The number of benzene rings is 3. The lowest BCUT2D eigenvalue weighted by Crippen LogP contribution is -2.55. The van der Waals surface area contributed by atoms with Crippen LogP contribution >= 0.6 is 0 Å². The second-order valence-corrected chi connectivity index (χ2v) is 13.1. The van der Waals surface area contributed by atoms with Crippen molar-refractivity contribution in [2.45, 2.75) is 38.9 Å². The van der Waals surface area contributed by atoms with Crippen LogP contribution in [0.1, 0.15) is 34.4 Å². The Balaban J connectivity index is 1.33. The van der Waals surface area contributed by atoms with Crippen molar-refractivity contribution in [3.63, 3.8) is 0 Å². The molecule has 0 radical (unpaired) electrons. The molecule has 248 valence electrons. The largest absolute Gasteiger partial charge is 0.379 e. The zero-order valence-electron chi connectivity index (χ0n) is 28.1. The Labute approximate surface area is 288 Å². The molecular formula is C40H41N7O2. The van der Waals surface area contributed by atoms with Gasteiger partial charge in [-0.2, -0.15) is 10.5 Å². The van der Waals surface area contributed by atoms with E-state index in [1.165, 1.54) is 33.7 Å². The number of nitrogens with zero attached hydrogens (tertiary/aromatic N) is 7. The second kappa shape index (κ2) is 14.1. The van der Waals surface area contributed by atoms with Crippen molar-refractivity contribution in [2.75, 3.05) is 62.3 Å². The summed E-state index contributed by atoms with van der Waals surface area (Å²) in [6.07, 6.45) is 2.25. The fourth-order valence-corrected chi connectivity index (χ4v) is 7.78. The number of anilines is 2. The fraction of sp³-hybridized carbons (Fsp3) is 0.350. The minimum atomic E-state index is -0.307. The van der Waals surface area contributed by atoms with Crippen molar-refractivity contribution in [2.24, 2.45) is 0 Å². The molecule has 4 heterocycles. The van der Waals surface area contributed by atoms with Crippen LogP contribution in [0.4, 0.5) is 11.4 Å². The van der Waals surface area contributed by atoms with Crippen molar-refractivity contribution < 1.29 is 9.53 Å². The van der Waals surface area contributed by atoms with Gasteiger partial charge in [-0.1, -0.05) is 55.1 Å². The minimum Gasteiger partial charge on any atom is -0.379 e. The standard InChI is InChI=1S/C40H41N7O2/c1-3-37(48)47-18-17-46(26-32(47)13-15-41)40-33-14-16-45(36-12-6-10-30-9-4-7-28(2)38(30)36)27-35(33)43-39(34(40)24-42)31-11-5-8-29(23-31)25-44-19-21-49-22-20-44/h3-12,23,32H,1,13-14,16-22,25-27H2,2H3. The number of aryl methyl sites for hydroxylation is 1. The maximum absolute atomic E-state index is 12.8. The minimum absolute atomic E-state index is 0.170. The third kappa shape index (κ3) is 6.36. The molecule has 0 aliphatic carbocycles. The number of carbonyl (C=O) groups excluding carboxylic acids is 1. The number of nitriles is 2. The molecular weight excluding hydrogens is 610 g/mol. The molecule has 0 bridgehead atoms. The van der Waals surface area contributed by atoms with Crippen molar-refractivity contribution in [3.8, 4) is 23.4 Å². The van der Waals surface area contributed by atoms with E-state index < -0.39 is 0 Å². The maximum Gasteiger partial charge on any atom is 0.246 e. The molecule has 1 amide bonds. The van der Waals surface area contributed by atoms with E-state index in [1.807, 2.05) is 0 Å². The first kappa shape index (κ1) is 32.3. The van der Waals surface area contributed by atoms with Crippen LogP contribution in [0.3, 0.4) is 0 Å². The first-order valence-electron chi connectivity index (χ1n) is 17.1. The number of fused-ring (bicyclic) bond motifs is 2. The highest BCUT2D eigenvalue weighted by Crippen LogP contribution is 2.40. The Bertz CT molecular complexity index is 1980. The lowest BCUT2D eigenvalue weighted by molar-refractivity contribution is -0.128. The average Bonchev–Trinajstić information content (AvgIpc) is 3.14. The predicted molar refractivity (Wildman–Crippen MR) is 192 cm³/mol. The fourth-order valence-electron chi connectivity index (χ4n) is 7.78. The number of morpholine rings is 1. The zero-order chi connectivity index (χ0) is 33.9. The van der Waals surface area contributed by atoms with E-state index in [4.69, 9.17) is 9.72 Å².